The molecule has 0 amide bonds. The molecule has 0 bridgehead atoms. The van der Waals surface area contributed by atoms with E-state index in [0.29, 0.717) is 5.92 Å². The average molecular weight is 364 g/mol. The van der Waals surface area contributed by atoms with Crippen molar-refractivity contribution in [2.45, 2.75) is 36.3 Å². The van der Waals surface area contributed by atoms with E-state index in [9.17, 15) is 0 Å². The Labute approximate surface area is 138 Å². The Morgan fingerprint density at radius 1 is 1.24 bits per heavy atom. The van der Waals surface area contributed by atoms with Crippen LogP contribution in [0.25, 0.3) is 0 Å². The van der Waals surface area contributed by atoms with Gasteiger partial charge in [0.05, 0.1) is 15.9 Å². The van der Waals surface area contributed by atoms with Gasteiger partial charge in [-0.3, -0.25) is 0 Å². The summed E-state index contributed by atoms with van der Waals surface area (Å²) in [6.07, 6.45) is 2.49. The monoisotopic (exact) mass is 363 g/mol. The third-order valence-corrected chi connectivity index (χ3v) is 5.13. The Morgan fingerprint density at radius 2 is 2.00 bits per heavy atom. The summed E-state index contributed by atoms with van der Waals surface area (Å²) in [6.45, 7) is 2.95. The highest BCUT2D eigenvalue weighted by Crippen LogP contribution is 2.44. The van der Waals surface area contributed by atoms with Crippen molar-refractivity contribution in [1.82, 2.24) is 9.97 Å². The second-order valence-corrected chi connectivity index (χ2v) is 6.94. The Balaban J connectivity index is 1.80. The molecule has 1 saturated carbocycles. The van der Waals surface area contributed by atoms with Gasteiger partial charge >= 0.3 is 0 Å². The van der Waals surface area contributed by atoms with Gasteiger partial charge in [0, 0.05) is 17.4 Å². The van der Waals surface area contributed by atoms with E-state index in [1.165, 1.54) is 23.4 Å². The van der Waals surface area contributed by atoms with Gasteiger partial charge in [-0.25, -0.2) is 9.97 Å². The normalized spacial score (nSPS) is 14.2. The molecule has 1 aliphatic carbocycles. The van der Waals surface area contributed by atoms with E-state index in [2.05, 4.69) is 57.4 Å². The molecule has 0 saturated heterocycles. The first-order chi connectivity index (χ1) is 10.3. The van der Waals surface area contributed by atoms with Gasteiger partial charge in [-0.1, -0.05) is 18.2 Å². The average Bonchev–Trinajstić information content (AvgIpc) is 3.34. The molecule has 1 aliphatic rings. The van der Waals surface area contributed by atoms with Gasteiger partial charge in [0.25, 0.3) is 0 Å². The molecule has 1 aromatic carbocycles. The third-order valence-electron chi connectivity index (χ3n) is 3.34. The summed E-state index contributed by atoms with van der Waals surface area (Å²) >= 11 is 5.44. The number of nitrogens with one attached hydrogen (secondary N) is 1. The maximum Gasteiger partial charge on any atom is 0.144 e. The van der Waals surface area contributed by atoms with Crippen LogP contribution in [0.5, 0.6) is 0 Å². The lowest BCUT2D eigenvalue weighted by molar-refractivity contribution is 0.916. The van der Waals surface area contributed by atoms with Gasteiger partial charge in [0.2, 0.25) is 0 Å². The molecule has 3 nitrogen and oxygen atoms in total. The molecule has 0 atom stereocenters. The molecule has 21 heavy (non-hydrogen) atoms. The second kappa shape index (κ2) is 6.79. The number of anilines is 1. The van der Waals surface area contributed by atoms with Crippen molar-refractivity contribution >= 4 is 33.5 Å². The van der Waals surface area contributed by atoms with Crippen LogP contribution in [0.1, 0.15) is 37.2 Å². The summed E-state index contributed by atoms with van der Waals surface area (Å²) < 4.78 is 1.04. The second-order valence-electron chi connectivity index (χ2n) is 5.09. The first-order valence-electron chi connectivity index (χ1n) is 7.26. The Kier molecular flexibility index (Phi) is 4.80. The van der Waals surface area contributed by atoms with Crippen LogP contribution in [0.2, 0.25) is 0 Å². The minimum absolute atomic E-state index is 0.611. The molecule has 5 heteroatoms. The number of nitrogens with zero attached hydrogens (tertiary/aromatic N) is 2. The quantitative estimate of drug-likeness (QED) is 0.745. The minimum Gasteiger partial charge on any atom is -0.369 e. The van der Waals surface area contributed by atoms with E-state index in [1.807, 2.05) is 6.07 Å². The number of aromatic nitrogens is 2. The topological polar surface area (TPSA) is 37.8 Å². The van der Waals surface area contributed by atoms with Crippen molar-refractivity contribution in [3.8, 4) is 0 Å². The Hall–Kier alpha value is -1.07. The summed E-state index contributed by atoms with van der Waals surface area (Å²) in [7, 11) is 0. The van der Waals surface area contributed by atoms with Gasteiger partial charge in [-0.2, -0.15) is 0 Å². The van der Waals surface area contributed by atoms with E-state index in [4.69, 9.17) is 4.98 Å². The maximum atomic E-state index is 4.77. The van der Waals surface area contributed by atoms with Crippen LogP contribution >= 0.6 is 27.7 Å². The van der Waals surface area contributed by atoms with E-state index in [0.717, 1.165) is 28.4 Å². The van der Waals surface area contributed by atoms with Gasteiger partial charge in [0.1, 0.15) is 11.6 Å². The Morgan fingerprint density at radius 3 is 2.67 bits per heavy atom. The molecular formula is C16H18BrN3S. The molecule has 110 valence electrons. The lowest BCUT2D eigenvalue weighted by atomic mass is 10.2. The molecular weight excluding hydrogens is 346 g/mol. The predicted octanol–water partition coefficient (Wildman–Crippen LogP) is 4.84. The molecule has 0 aliphatic heterocycles. The smallest absolute Gasteiger partial charge is 0.144 e. The van der Waals surface area contributed by atoms with E-state index >= 15 is 0 Å². The number of hydrogen-bond acceptors (Lipinski definition) is 4. The standard InChI is InChI=1S/C16H18BrN3S/c1-2-18-16-14(17)15(11-8-9-11)19-13(20-16)10-21-12-6-4-3-5-7-12/h3-7,11H,2,8-10H2,1H3,(H,18,19,20). The van der Waals surface area contributed by atoms with Crippen LogP contribution in [-0.4, -0.2) is 16.5 Å². The zero-order chi connectivity index (χ0) is 14.7. The number of benzene rings is 1. The maximum absolute atomic E-state index is 4.77. The number of hydrogen-bond donors (Lipinski definition) is 1. The van der Waals surface area contributed by atoms with E-state index < -0.39 is 0 Å². The van der Waals surface area contributed by atoms with Gasteiger partial charge in [-0.15, -0.1) is 11.8 Å². The van der Waals surface area contributed by atoms with Crippen molar-refractivity contribution < 1.29 is 0 Å². The fourth-order valence-corrected chi connectivity index (χ4v) is 3.57. The van der Waals surface area contributed by atoms with E-state index in [-0.39, 0.29) is 0 Å². The molecule has 0 radical (unpaired) electrons. The molecule has 0 spiro atoms. The molecule has 3 rings (SSSR count). The lowest BCUT2D eigenvalue weighted by Crippen LogP contribution is -2.07. The summed E-state index contributed by atoms with van der Waals surface area (Å²) in [6, 6.07) is 10.4. The van der Waals surface area contributed by atoms with Gasteiger partial charge in [0.15, 0.2) is 0 Å². The van der Waals surface area contributed by atoms with Crippen molar-refractivity contribution in [1.29, 1.82) is 0 Å². The van der Waals surface area contributed by atoms with Crippen LogP contribution < -0.4 is 5.32 Å². The number of thioether (sulfide) groups is 1. The molecule has 1 N–H and O–H groups in total. The summed E-state index contributed by atoms with van der Waals surface area (Å²) in [5.41, 5.74) is 1.17. The lowest BCUT2D eigenvalue weighted by Gasteiger charge is -2.11. The highest BCUT2D eigenvalue weighted by molar-refractivity contribution is 9.10. The van der Waals surface area contributed by atoms with Crippen LogP contribution in [0, 0.1) is 0 Å². The largest absolute Gasteiger partial charge is 0.369 e. The third kappa shape index (κ3) is 3.77. The van der Waals surface area contributed by atoms with Crippen molar-refractivity contribution in [3.05, 3.63) is 46.3 Å². The molecule has 1 aromatic heterocycles. The zero-order valence-electron chi connectivity index (χ0n) is 12.0. The van der Waals surface area contributed by atoms with Gasteiger partial charge < -0.3 is 5.32 Å². The molecule has 0 unspecified atom stereocenters. The van der Waals surface area contributed by atoms with Crippen LogP contribution in [0.3, 0.4) is 0 Å². The summed E-state index contributed by atoms with van der Waals surface area (Å²) in [5, 5.41) is 3.33. The SMILES string of the molecule is CCNc1nc(CSc2ccccc2)nc(C2CC2)c1Br. The summed E-state index contributed by atoms with van der Waals surface area (Å²) in [5.74, 6) is 3.25. The van der Waals surface area contributed by atoms with Crippen LogP contribution in [-0.2, 0) is 5.75 Å². The first kappa shape index (κ1) is 14.9. The van der Waals surface area contributed by atoms with Gasteiger partial charge in [-0.05, 0) is 47.8 Å². The highest BCUT2D eigenvalue weighted by atomic mass is 79.9. The number of halogens is 1. The van der Waals surface area contributed by atoms with Crippen molar-refractivity contribution in [3.63, 3.8) is 0 Å². The minimum atomic E-state index is 0.611. The fraction of sp³-hybridized carbons (Fsp3) is 0.375. The summed E-state index contributed by atoms with van der Waals surface area (Å²) in [4.78, 5) is 10.7. The van der Waals surface area contributed by atoms with E-state index in [1.54, 1.807) is 11.8 Å². The highest BCUT2D eigenvalue weighted by Gasteiger charge is 2.29. The number of rotatable bonds is 6. The van der Waals surface area contributed by atoms with Crippen LogP contribution in [0.15, 0.2) is 39.7 Å². The van der Waals surface area contributed by atoms with Crippen LogP contribution in [0.4, 0.5) is 5.82 Å². The molecule has 1 heterocycles. The Bertz CT molecular complexity index is 614. The molecule has 1 fully saturated rings. The molecule has 2 aromatic rings. The van der Waals surface area contributed by atoms with Crippen molar-refractivity contribution in [2.24, 2.45) is 0 Å². The van der Waals surface area contributed by atoms with Crippen molar-refractivity contribution in [2.75, 3.05) is 11.9 Å². The fourth-order valence-electron chi connectivity index (χ4n) is 2.15. The first-order valence-corrected chi connectivity index (χ1v) is 9.03. The predicted molar refractivity (Wildman–Crippen MR) is 91.9 cm³/mol. The zero-order valence-corrected chi connectivity index (χ0v) is 14.4.